The van der Waals surface area contributed by atoms with Gasteiger partial charge in [-0.3, -0.25) is 39.5 Å². The van der Waals surface area contributed by atoms with Gasteiger partial charge in [-0.25, -0.2) is 4.79 Å². The van der Waals surface area contributed by atoms with Gasteiger partial charge >= 0.3 is 23.9 Å². The molecule has 14 heteroatoms. The zero-order valence-corrected chi connectivity index (χ0v) is 36.1. The van der Waals surface area contributed by atoms with Crippen LogP contribution in [0.1, 0.15) is 88.8 Å². The number of nitrogens with one attached hydrogen (secondary N) is 2. The number of ether oxygens (including phenoxy) is 2. The van der Waals surface area contributed by atoms with E-state index in [2.05, 4.69) is 10.6 Å². The van der Waals surface area contributed by atoms with E-state index in [0.717, 1.165) is 42.4 Å². The number of anilines is 1. The number of carbonyl (C=O) groups excluding carboxylic acids is 4. The van der Waals surface area contributed by atoms with E-state index >= 15 is 0 Å². The Hall–Kier alpha value is -5.60. The fraction of sp³-hybridized carbons (Fsp3) is 0.500. The highest BCUT2D eigenvalue weighted by Gasteiger charge is 2.48. The molecule has 0 unspecified atom stereocenters. The Kier molecular flexibility index (Phi) is 18.0. The first-order valence-corrected chi connectivity index (χ1v) is 22.0. The van der Waals surface area contributed by atoms with Crippen LogP contribution in [0.4, 0.5) is 5.69 Å². The number of aryl methyl sites for hydroxylation is 3. The Morgan fingerprint density at radius 1 is 0.758 bits per heavy atom. The maximum atomic E-state index is 13.4. The molecule has 2 fully saturated rings. The molecule has 4 N–H and O–H groups in total. The SMILES string of the molecule is CCOC(=O)[C@H](CCc1ccccc1)N[C@@H](C)C(=O)N1[C@H](C(=O)O)C[C@H]2CCCC[C@@H]21.CCOC(=O)[C@H](CCc1ccccc1)N[C@H]1CCc2ccccc2N(CC(=O)O)C1=O. The molecule has 1 aliphatic carbocycles. The minimum atomic E-state index is -1.09. The molecule has 3 aromatic rings. The lowest BCUT2D eigenvalue weighted by atomic mass is 9.84. The van der Waals surface area contributed by atoms with Gasteiger partial charge in [0, 0.05) is 11.7 Å². The summed E-state index contributed by atoms with van der Waals surface area (Å²) in [7, 11) is 0. The van der Waals surface area contributed by atoms with Crippen molar-refractivity contribution in [3.8, 4) is 0 Å². The molecule has 6 rings (SSSR count). The summed E-state index contributed by atoms with van der Waals surface area (Å²) in [5.74, 6) is -3.15. The zero-order valence-electron chi connectivity index (χ0n) is 36.1. The number of hydrogen-bond acceptors (Lipinski definition) is 10. The first-order valence-electron chi connectivity index (χ1n) is 22.0. The van der Waals surface area contributed by atoms with Crippen LogP contribution in [0.25, 0.3) is 0 Å². The minimum absolute atomic E-state index is 0.0167. The van der Waals surface area contributed by atoms with Crippen molar-refractivity contribution < 1.29 is 48.5 Å². The predicted molar refractivity (Wildman–Crippen MR) is 233 cm³/mol. The largest absolute Gasteiger partial charge is 0.480 e. The standard InChI is InChI=1S/C24H34N2O5.C24H28N2O5/c1-3-31-24(30)19(14-13-17-9-5-4-6-10-17)25-16(2)22(27)26-20-12-8-7-11-18(20)15-21(26)23(28)29;1-2-31-24(30)20(14-12-17-8-4-3-5-9-17)25-19-15-13-18-10-6-7-11-21(18)26(23(19)29)16-22(27)28/h4-6,9-10,16,18-21,25H,3,7-8,11-15H2,1-2H3,(H,28,29);3-11,19-20,25H,2,12-16H2,1H3,(H,27,28)/t16-,18+,19-,20-,21-;19-,20-/m00/s1. The summed E-state index contributed by atoms with van der Waals surface area (Å²) in [5.41, 5.74) is 3.72. The lowest BCUT2D eigenvalue weighted by Gasteiger charge is -2.35. The van der Waals surface area contributed by atoms with Gasteiger partial charge in [0.2, 0.25) is 11.8 Å². The highest BCUT2D eigenvalue weighted by Crippen LogP contribution is 2.40. The van der Waals surface area contributed by atoms with Crippen LogP contribution in [-0.4, -0.2) is 107 Å². The summed E-state index contributed by atoms with van der Waals surface area (Å²) in [6, 6.07) is 23.5. The third-order valence-corrected chi connectivity index (χ3v) is 12.0. The summed E-state index contributed by atoms with van der Waals surface area (Å²) < 4.78 is 10.5. The van der Waals surface area contributed by atoms with E-state index < -0.39 is 54.7 Å². The van der Waals surface area contributed by atoms with Gasteiger partial charge in [0.1, 0.15) is 24.7 Å². The average Bonchev–Trinajstić information content (AvgIpc) is 3.62. The second-order valence-corrected chi connectivity index (χ2v) is 16.2. The number of para-hydroxylation sites is 1. The van der Waals surface area contributed by atoms with Crippen LogP contribution in [0.2, 0.25) is 0 Å². The van der Waals surface area contributed by atoms with E-state index in [9.17, 15) is 39.0 Å². The Balaban J connectivity index is 0.000000234. The number of benzene rings is 3. The van der Waals surface area contributed by atoms with E-state index in [1.54, 1.807) is 37.8 Å². The van der Waals surface area contributed by atoms with Crippen LogP contribution < -0.4 is 15.5 Å². The van der Waals surface area contributed by atoms with Crippen LogP contribution in [-0.2, 0) is 57.5 Å². The van der Waals surface area contributed by atoms with Gasteiger partial charge in [-0.15, -0.1) is 0 Å². The molecular weight excluding hydrogens is 793 g/mol. The summed E-state index contributed by atoms with van der Waals surface area (Å²) >= 11 is 0. The van der Waals surface area contributed by atoms with Crippen molar-refractivity contribution in [2.45, 2.75) is 128 Å². The molecule has 2 aliphatic heterocycles. The van der Waals surface area contributed by atoms with E-state index in [-0.39, 0.29) is 43.0 Å². The molecule has 1 saturated carbocycles. The van der Waals surface area contributed by atoms with Crippen LogP contribution in [0, 0.1) is 5.92 Å². The third kappa shape index (κ3) is 13.0. The molecule has 3 aromatic carbocycles. The maximum Gasteiger partial charge on any atom is 0.326 e. The van der Waals surface area contributed by atoms with Gasteiger partial charge in [0.15, 0.2) is 0 Å². The van der Waals surface area contributed by atoms with Crippen LogP contribution in [0.15, 0.2) is 84.9 Å². The van der Waals surface area contributed by atoms with Crippen molar-refractivity contribution in [1.29, 1.82) is 0 Å². The molecule has 1 saturated heterocycles. The molecule has 3 aliphatic rings. The molecule has 0 radical (unpaired) electrons. The number of rotatable bonds is 18. The van der Waals surface area contributed by atoms with Crippen molar-refractivity contribution in [3.05, 3.63) is 102 Å². The predicted octanol–water partition coefficient (Wildman–Crippen LogP) is 5.35. The highest BCUT2D eigenvalue weighted by molar-refractivity contribution is 6.02. The van der Waals surface area contributed by atoms with Crippen molar-refractivity contribution in [3.63, 3.8) is 0 Å². The second kappa shape index (κ2) is 23.6. The molecular formula is C48H62N4O10. The number of carboxylic acids is 2. The van der Waals surface area contributed by atoms with Crippen molar-refractivity contribution >= 4 is 41.4 Å². The Morgan fingerprint density at radius 2 is 1.32 bits per heavy atom. The van der Waals surface area contributed by atoms with E-state index in [0.29, 0.717) is 50.6 Å². The Labute approximate surface area is 364 Å². The third-order valence-electron chi connectivity index (χ3n) is 12.0. The maximum absolute atomic E-state index is 13.4. The Morgan fingerprint density at radius 3 is 1.92 bits per heavy atom. The first-order chi connectivity index (χ1) is 29.9. The van der Waals surface area contributed by atoms with Crippen molar-refractivity contribution in [2.75, 3.05) is 24.7 Å². The molecule has 2 heterocycles. The highest BCUT2D eigenvalue weighted by atomic mass is 16.5. The molecule has 7 atom stereocenters. The second-order valence-electron chi connectivity index (χ2n) is 16.2. The zero-order chi connectivity index (χ0) is 44.6. The number of carboxylic acid groups (broad SMARTS) is 2. The quantitative estimate of drug-likeness (QED) is 0.120. The molecule has 334 valence electrons. The number of amides is 2. The number of esters is 2. The first kappa shape index (κ1) is 47.4. The lowest BCUT2D eigenvalue weighted by molar-refractivity contribution is -0.152. The van der Waals surface area contributed by atoms with Crippen LogP contribution >= 0.6 is 0 Å². The topological polar surface area (TPSA) is 192 Å². The molecule has 0 bridgehead atoms. The molecule has 2 amide bonds. The van der Waals surface area contributed by atoms with Gasteiger partial charge in [0.25, 0.3) is 0 Å². The van der Waals surface area contributed by atoms with Gasteiger partial charge in [-0.2, -0.15) is 0 Å². The van der Waals surface area contributed by atoms with E-state index in [1.165, 1.54) is 4.90 Å². The average molecular weight is 855 g/mol. The number of hydrogen-bond donors (Lipinski definition) is 4. The number of nitrogens with zero attached hydrogens (tertiary/aromatic N) is 2. The summed E-state index contributed by atoms with van der Waals surface area (Å²) in [6.45, 7) is 5.30. The van der Waals surface area contributed by atoms with Crippen molar-refractivity contribution in [1.82, 2.24) is 15.5 Å². The number of likely N-dealkylation sites (tertiary alicyclic amines) is 1. The molecule has 0 aromatic heterocycles. The monoisotopic (exact) mass is 854 g/mol. The number of aliphatic carboxylic acids is 2. The fourth-order valence-electron chi connectivity index (χ4n) is 8.94. The summed E-state index contributed by atoms with van der Waals surface area (Å²) in [5, 5.41) is 25.4. The summed E-state index contributed by atoms with van der Waals surface area (Å²) in [6.07, 6.45) is 7.81. The normalized spacial score (nSPS) is 20.9. The summed E-state index contributed by atoms with van der Waals surface area (Å²) in [4.78, 5) is 78.0. The van der Waals surface area contributed by atoms with Crippen LogP contribution in [0.5, 0.6) is 0 Å². The van der Waals surface area contributed by atoms with Gasteiger partial charge in [0.05, 0.1) is 25.3 Å². The van der Waals surface area contributed by atoms with Crippen LogP contribution in [0.3, 0.4) is 0 Å². The minimum Gasteiger partial charge on any atom is -0.480 e. The number of carbonyl (C=O) groups is 6. The smallest absolute Gasteiger partial charge is 0.326 e. The Bertz CT molecular complexity index is 1960. The van der Waals surface area contributed by atoms with E-state index in [4.69, 9.17) is 9.47 Å². The van der Waals surface area contributed by atoms with Crippen molar-refractivity contribution in [2.24, 2.45) is 5.92 Å². The lowest BCUT2D eigenvalue weighted by Crippen LogP contribution is -2.55. The number of fused-ring (bicyclic) bond motifs is 2. The molecule has 62 heavy (non-hydrogen) atoms. The molecule has 0 spiro atoms. The van der Waals surface area contributed by atoms with E-state index in [1.807, 2.05) is 72.8 Å². The van der Waals surface area contributed by atoms with Gasteiger partial charge < -0.3 is 24.6 Å². The molecule has 14 nitrogen and oxygen atoms in total. The van der Waals surface area contributed by atoms with Gasteiger partial charge in [-0.05, 0) is 107 Å². The fourth-order valence-corrected chi connectivity index (χ4v) is 8.94. The van der Waals surface area contributed by atoms with Gasteiger partial charge in [-0.1, -0.05) is 91.7 Å².